The molecule has 0 radical (unpaired) electrons. The van der Waals surface area contributed by atoms with Crippen molar-refractivity contribution in [3.8, 4) is 11.3 Å². The molecule has 0 aliphatic carbocycles. The highest BCUT2D eigenvalue weighted by molar-refractivity contribution is 6.02. The monoisotopic (exact) mass is 476 g/mol. The molecule has 34 heavy (non-hydrogen) atoms. The zero-order valence-corrected chi connectivity index (χ0v) is 18.7. The highest BCUT2D eigenvalue weighted by Gasteiger charge is 2.34. The molecular weight excluding hydrogens is 452 g/mol. The van der Waals surface area contributed by atoms with Crippen LogP contribution in [0.1, 0.15) is 29.0 Å². The molecule has 3 aromatic rings. The largest absolute Gasteiger partial charge is 0.417 e. The summed E-state index contributed by atoms with van der Waals surface area (Å²) in [6.45, 7) is 1.46. The zero-order valence-electron chi connectivity index (χ0n) is 18.7. The minimum atomic E-state index is -4.58. The Labute approximate surface area is 194 Å². The van der Waals surface area contributed by atoms with Crippen LogP contribution in [0.3, 0.4) is 0 Å². The van der Waals surface area contributed by atoms with Crippen LogP contribution < -0.4 is 10.2 Å². The molecule has 0 unspecified atom stereocenters. The lowest BCUT2D eigenvalue weighted by Crippen LogP contribution is -2.42. The van der Waals surface area contributed by atoms with E-state index in [2.05, 4.69) is 15.4 Å². The van der Waals surface area contributed by atoms with Crippen molar-refractivity contribution in [3.05, 3.63) is 65.7 Å². The summed E-state index contributed by atoms with van der Waals surface area (Å²) < 4.78 is 59.5. The first-order valence-electron chi connectivity index (χ1n) is 10.8. The van der Waals surface area contributed by atoms with E-state index in [0.717, 1.165) is 38.1 Å². The van der Waals surface area contributed by atoms with Crippen molar-refractivity contribution in [1.82, 2.24) is 10.1 Å². The summed E-state index contributed by atoms with van der Waals surface area (Å²) in [5.74, 6) is -1.51. The maximum Gasteiger partial charge on any atom is 0.417 e. The Bertz CT molecular complexity index is 1170. The van der Waals surface area contributed by atoms with Gasteiger partial charge in [0, 0.05) is 36.4 Å². The number of benzene rings is 2. The first-order valence-corrected chi connectivity index (χ1v) is 10.8. The van der Waals surface area contributed by atoms with Crippen LogP contribution in [0.2, 0.25) is 0 Å². The fourth-order valence-corrected chi connectivity index (χ4v) is 4.12. The van der Waals surface area contributed by atoms with Crippen molar-refractivity contribution in [2.24, 2.45) is 0 Å². The van der Waals surface area contributed by atoms with Crippen LogP contribution in [0.25, 0.3) is 11.3 Å². The van der Waals surface area contributed by atoms with Gasteiger partial charge in [-0.25, -0.2) is 4.39 Å². The van der Waals surface area contributed by atoms with Gasteiger partial charge in [0.1, 0.15) is 11.5 Å². The van der Waals surface area contributed by atoms with Crippen molar-refractivity contribution >= 4 is 17.3 Å². The van der Waals surface area contributed by atoms with Crippen LogP contribution in [0.4, 0.5) is 28.9 Å². The van der Waals surface area contributed by atoms with Gasteiger partial charge in [-0.15, -0.1) is 0 Å². The minimum absolute atomic E-state index is 0.124. The SMILES string of the molecule is CN(C)C1CCN(c2ccc(NC(=O)c3cc(-c4ccccc4C(F)(F)F)no3)cc2F)CC1. The molecule has 4 rings (SSSR count). The summed E-state index contributed by atoms with van der Waals surface area (Å²) >= 11 is 0. The summed E-state index contributed by atoms with van der Waals surface area (Å²) in [6, 6.07) is 10.9. The molecule has 0 saturated carbocycles. The van der Waals surface area contributed by atoms with Crippen molar-refractivity contribution < 1.29 is 26.9 Å². The Balaban J connectivity index is 1.46. The predicted octanol–water partition coefficient (Wildman–Crippen LogP) is 5.28. The highest BCUT2D eigenvalue weighted by Crippen LogP contribution is 2.36. The number of carbonyl (C=O) groups excluding carboxylic acids is 1. The van der Waals surface area contributed by atoms with Crippen LogP contribution in [-0.4, -0.2) is 49.2 Å². The number of rotatable bonds is 5. The van der Waals surface area contributed by atoms with Crippen LogP contribution in [-0.2, 0) is 6.18 Å². The molecular formula is C24H24F4N4O2. The maximum atomic E-state index is 14.8. The van der Waals surface area contributed by atoms with Gasteiger partial charge in [-0.05, 0) is 51.2 Å². The molecule has 10 heteroatoms. The molecule has 0 spiro atoms. The zero-order chi connectivity index (χ0) is 24.5. The second kappa shape index (κ2) is 9.46. The molecule has 1 aliphatic rings. The van der Waals surface area contributed by atoms with E-state index < -0.39 is 23.5 Å². The molecule has 0 bridgehead atoms. The summed E-state index contributed by atoms with van der Waals surface area (Å²) in [5, 5.41) is 6.12. The number of aromatic nitrogens is 1. The molecule has 180 valence electrons. The molecule has 1 aromatic heterocycles. The lowest BCUT2D eigenvalue weighted by Gasteiger charge is -2.36. The van der Waals surface area contributed by atoms with E-state index in [4.69, 9.17) is 4.52 Å². The third-order valence-electron chi connectivity index (χ3n) is 5.98. The second-order valence-electron chi connectivity index (χ2n) is 8.42. The molecule has 2 heterocycles. The Kier molecular flexibility index (Phi) is 6.60. The second-order valence-corrected chi connectivity index (χ2v) is 8.42. The van der Waals surface area contributed by atoms with Crippen LogP contribution >= 0.6 is 0 Å². The third kappa shape index (κ3) is 5.06. The van der Waals surface area contributed by atoms with E-state index in [9.17, 15) is 22.4 Å². The number of anilines is 2. The van der Waals surface area contributed by atoms with Gasteiger partial charge in [0.25, 0.3) is 5.91 Å². The number of halogens is 4. The highest BCUT2D eigenvalue weighted by atomic mass is 19.4. The number of amides is 1. The number of nitrogens with one attached hydrogen (secondary N) is 1. The Morgan fingerprint density at radius 1 is 1.12 bits per heavy atom. The molecule has 1 N–H and O–H groups in total. The summed E-state index contributed by atoms with van der Waals surface area (Å²) in [5.41, 5.74) is -0.557. The lowest BCUT2D eigenvalue weighted by atomic mass is 10.0. The van der Waals surface area contributed by atoms with Gasteiger partial charge in [-0.1, -0.05) is 23.4 Å². The van der Waals surface area contributed by atoms with E-state index in [0.29, 0.717) is 11.7 Å². The molecule has 1 amide bonds. The summed E-state index contributed by atoms with van der Waals surface area (Å²) in [4.78, 5) is 16.7. The standard InChI is InChI=1S/C24H24F4N4O2/c1-31(2)16-9-11-32(12-10-16)21-8-7-15(13-19(21)25)29-23(33)22-14-20(30-34-22)17-5-3-4-6-18(17)24(26,27)28/h3-8,13-14,16H,9-12H2,1-2H3,(H,29,33). The predicted molar refractivity (Wildman–Crippen MR) is 120 cm³/mol. The van der Waals surface area contributed by atoms with E-state index >= 15 is 0 Å². The van der Waals surface area contributed by atoms with Gasteiger partial charge >= 0.3 is 6.18 Å². The van der Waals surface area contributed by atoms with Crippen LogP contribution in [0.5, 0.6) is 0 Å². The fourth-order valence-electron chi connectivity index (χ4n) is 4.12. The van der Waals surface area contributed by atoms with Gasteiger partial charge in [0.15, 0.2) is 0 Å². The fraction of sp³-hybridized carbons (Fsp3) is 0.333. The maximum absolute atomic E-state index is 14.8. The normalized spacial score (nSPS) is 15.1. The molecule has 1 aliphatic heterocycles. The van der Waals surface area contributed by atoms with E-state index in [1.54, 1.807) is 12.1 Å². The van der Waals surface area contributed by atoms with Crippen LogP contribution in [0, 0.1) is 5.82 Å². The topological polar surface area (TPSA) is 61.6 Å². The Hall–Kier alpha value is -3.40. The van der Waals surface area contributed by atoms with Crippen molar-refractivity contribution in [2.75, 3.05) is 37.4 Å². The van der Waals surface area contributed by atoms with Crippen molar-refractivity contribution in [3.63, 3.8) is 0 Å². The molecule has 0 atom stereocenters. The van der Waals surface area contributed by atoms with Gasteiger partial charge in [0.2, 0.25) is 5.76 Å². The van der Waals surface area contributed by atoms with E-state index in [1.807, 2.05) is 19.0 Å². The number of hydrogen-bond acceptors (Lipinski definition) is 5. The quantitative estimate of drug-likeness (QED) is 0.508. The lowest BCUT2D eigenvalue weighted by molar-refractivity contribution is -0.137. The van der Waals surface area contributed by atoms with E-state index in [1.165, 1.54) is 24.3 Å². The number of hydrogen-bond donors (Lipinski definition) is 1. The Morgan fingerprint density at radius 3 is 2.47 bits per heavy atom. The van der Waals surface area contributed by atoms with Gasteiger partial charge in [-0.3, -0.25) is 4.79 Å². The number of piperidine rings is 1. The average Bonchev–Trinajstić information content (AvgIpc) is 3.29. The Morgan fingerprint density at radius 2 is 1.82 bits per heavy atom. The van der Waals surface area contributed by atoms with Crippen molar-refractivity contribution in [2.45, 2.75) is 25.1 Å². The number of nitrogens with zero attached hydrogens (tertiary/aromatic N) is 3. The van der Waals surface area contributed by atoms with E-state index in [-0.39, 0.29) is 22.7 Å². The smallest absolute Gasteiger partial charge is 0.369 e. The van der Waals surface area contributed by atoms with Gasteiger partial charge in [0.05, 0.1) is 11.3 Å². The minimum Gasteiger partial charge on any atom is -0.369 e. The molecule has 2 aromatic carbocycles. The molecule has 1 fully saturated rings. The summed E-state index contributed by atoms with van der Waals surface area (Å²) in [6.07, 6.45) is -2.73. The van der Waals surface area contributed by atoms with Gasteiger partial charge < -0.3 is 19.6 Å². The first kappa shape index (κ1) is 23.7. The van der Waals surface area contributed by atoms with Crippen LogP contribution in [0.15, 0.2) is 53.1 Å². The number of carbonyl (C=O) groups is 1. The van der Waals surface area contributed by atoms with Crippen molar-refractivity contribution in [1.29, 1.82) is 0 Å². The molecule has 6 nitrogen and oxygen atoms in total. The van der Waals surface area contributed by atoms with Gasteiger partial charge in [-0.2, -0.15) is 13.2 Å². The molecule has 1 saturated heterocycles. The first-order chi connectivity index (χ1) is 16.1. The average molecular weight is 476 g/mol. The number of alkyl halides is 3. The summed E-state index contributed by atoms with van der Waals surface area (Å²) in [7, 11) is 4.07. The third-order valence-corrected chi connectivity index (χ3v) is 5.98.